The molecule has 0 bridgehead atoms. The van der Waals surface area contributed by atoms with Crippen LogP contribution in [0.15, 0.2) is 24.3 Å². The standard InChI is InChI=1S/C19H27NO6S/c1-13(2)25-11-15-5-7-16(8-6-15)19(22)26-14(3)18(21)20(4)17-9-10-27(23,24)12-17/h5-8,13-14,17H,9-12H2,1-4H3/t14-,17+/m0/s1. The maximum atomic E-state index is 12.4. The average Bonchev–Trinajstić information content (AvgIpc) is 2.98. The zero-order valence-electron chi connectivity index (χ0n) is 16.2. The molecular formula is C19H27NO6S. The molecule has 1 amide bonds. The summed E-state index contributed by atoms with van der Waals surface area (Å²) in [6, 6.07) is 6.45. The first kappa shape index (κ1) is 21.4. The zero-order chi connectivity index (χ0) is 20.2. The van der Waals surface area contributed by atoms with Crippen molar-refractivity contribution < 1.29 is 27.5 Å². The van der Waals surface area contributed by atoms with Gasteiger partial charge in [-0.2, -0.15) is 0 Å². The molecule has 8 heteroatoms. The van der Waals surface area contributed by atoms with E-state index in [2.05, 4.69) is 0 Å². The molecule has 7 nitrogen and oxygen atoms in total. The normalized spacial score (nSPS) is 19.7. The Balaban J connectivity index is 1.91. The van der Waals surface area contributed by atoms with Gasteiger partial charge in [0, 0.05) is 13.1 Å². The molecule has 1 aromatic rings. The minimum absolute atomic E-state index is 0.0458. The molecule has 1 saturated heterocycles. The van der Waals surface area contributed by atoms with Gasteiger partial charge in [-0.15, -0.1) is 0 Å². The summed E-state index contributed by atoms with van der Waals surface area (Å²) in [4.78, 5) is 26.1. The highest BCUT2D eigenvalue weighted by molar-refractivity contribution is 7.91. The molecule has 1 aliphatic heterocycles. The molecule has 2 rings (SSSR count). The van der Waals surface area contributed by atoms with Crippen LogP contribution < -0.4 is 0 Å². The van der Waals surface area contributed by atoms with E-state index in [0.29, 0.717) is 18.6 Å². The van der Waals surface area contributed by atoms with Crippen LogP contribution in [0.3, 0.4) is 0 Å². The Morgan fingerprint density at radius 3 is 2.33 bits per heavy atom. The fourth-order valence-electron chi connectivity index (χ4n) is 2.83. The SMILES string of the molecule is CC(C)OCc1ccc(C(=O)O[C@@H](C)C(=O)N(C)[C@@H]2CCS(=O)(=O)C2)cc1. The molecule has 150 valence electrons. The number of likely N-dealkylation sites (N-methyl/N-ethyl adjacent to an activating group) is 1. The van der Waals surface area contributed by atoms with E-state index in [0.717, 1.165) is 5.56 Å². The van der Waals surface area contributed by atoms with E-state index < -0.39 is 27.8 Å². The summed E-state index contributed by atoms with van der Waals surface area (Å²) in [5.41, 5.74) is 1.28. The summed E-state index contributed by atoms with van der Waals surface area (Å²) in [7, 11) is -1.55. The highest BCUT2D eigenvalue weighted by atomic mass is 32.2. The predicted molar refractivity (Wildman–Crippen MR) is 101 cm³/mol. The first-order chi connectivity index (χ1) is 12.6. The number of sulfone groups is 1. The van der Waals surface area contributed by atoms with Crippen molar-refractivity contribution in [1.82, 2.24) is 4.90 Å². The summed E-state index contributed by atoms with van der Waals surface area (Å²) in [5, 5.41) is 0. The molecule has 0 N–H and O–H groups in total. The predicted octanol–water partition coefficient (Wildman–Crippen LogP) is 1.80. The lowest BCUT2D eigenvalue weighted by Crippen LogP contribution is -2.44. The number of carbonyl (C=O) groups excluding carboxylic acids is 2. The number of carbonyl (C=O) groups is 2. The van der Waals surface area contributed by atoms with E-state index in [1.165, 1.54) is 11.8 Å². The largest absolute Gasteiger partial charge is 0.449 e. The van der Waals surface area contributed by atoms with Gasteiger partial charge in [0.1, 0.15) is 0 Å². The smallest absolute Gasteiger partial charge is 0.338 e. The van der Waals surface area contributed by atoms with Crippen molar-refractivity contribution in [2.75, 3.05) is 18.6 Å². The maximum Gasteiger partial charge on any atom is 0.338 e. The number of amides is 1. The number of ether oxygens (including phenoxy) is 2. The molecule has 1 aromatic carbocycles. The van der Waals surface area contributed by atoms with Gasteiger partial charge in [-0.05, 0) is 44.9 Å². The second-order valence-electron chi connectivity index (χ2n) is 7.11. The molecule has 0 aliphatic carbocycles. The van der Waals surface area contributed by atoms with E-state index in [-0.39, 0.29) is 23.7 Å². The second-order valence-corrected chi connectivity index (χ2v) is 9.34. The van der Waals surface area contributed by atoms with Crippen LogP contribution in [0.2, 0.25) is 0 Å². The highest BCUT2D eigenvalue weighted by Gasteiger charge is 2.35. The summed E-state index contributed by atoms with van der Waals surface area (Å²) in [6.07, 6.45) is -0.464. The van der Waals surface area contributed by atoms with Crippen LogP contribution >= 0.6 is 0 Å². The quantitative estimate of drug-likeness (QED) is 0.652. The zero-order valence-corrected chi connectivity index (χ0v) is 17.0. The summed E-state index contributed by atoms with van der Waals surface area (Å²) in [6.45, 7) is 5.84. The number of rotatable bonds is 7. The molecule has 1 fully saturated rings. The second kappa shape index (κ2) is 8.84. The lowest BCUT2D eigenvalue weighted by atomic mass is 10.1. The number of benzene rings is 1. The topological polar surface area (TPSA) is 90.0 Å². The Morgan fingerprint density at radius 1 is 1.19 bits per heavy atom. The molecule has 0 unspecified atom stereocenters. The highest BCUT2D eigenvalue weighted by Crippen LogP contribution is 2.18. The van der Waals surface area contributed by atoms with Gasteiger partial charge in [-0.1, -0.05) is 12.1 Å². The van der Waals surface area contributed by atoms with Crippen molar-refractivity contribution in [1.29, 1.82) is 0 Å². The molecule has 27 heavy (non-hydrogen) atoms. The minimum atomic E-state index is -3.09. The molecule has 0 radical (unpaired) electrons. The van der Waals surface area contributed by atoms with Crippen molar-refractivity contribution in [3.8, 4) is 0 Å². The third-order valence-corrected chi connectivity index (χ3v) is 6.26. The van der Waals surface area contributed by atoms with Gasteiger partial charge in [-0.25, -0.2) is 13.2 Å². The van der Waals surface area contributed by atoms with Crippen LogP contribution in [0.25, 0.3) is 0 Å². The van der Waals surface area contributed by atoms with Crippen molar-refractivity contribution in [3.63, 3.8) is 0 Å². The number of hydrogen-bond donors (Lipinski definition) is 0. The van der Waals surface area contributed by atoms with Crippen molar-refractivity contribution >= 4 is 21.7 Å². The van der Waals surface area contributed by atoms with Gasteiger partial charge < -0.3 is 14.4 Å². The van der Waals surface area contributed by atoms with Gasteiger partial charge in [0.2, 0.25) is 0 Å². The van der Waals surface area contributed by atoms with Crippen LogP contribution in [-0.2, 0) is 30.7 Å². The molecule has 0 spiro atoms. The van der Waals surface area contributed by atoms with E-state index in [9.17, 15) is 18.0 Å². The van der Waals surface area contributed by atoms with Gasteiger partial charge in [0.25, 0.3) is 5.91 Å². The van der Waals surface area contributed by atoms with Gasteiger partial charge in [0.15, 0.2) is 15.9 Å². The minimum Gasteiger partial charge on any atom is -0.449 e. The number of hydrogen-bond acceptors (Lipinski definition) is 6. The third-order valence-electron chi connectivity index (χ3n) is 4.51. The van der Waals surface area contributed by atoms with E-state index >= 15 is 0 Å². The van der Waals surface area contributed by atoms with Crippen LogP contribution in [0.5, 0.6) is 0 Å². The molecule has 0 saturated carbocycles. The lowest BCUT2D eigenvalue weighted by Gasteiger charge is -2.26. The molecule has 0 aromatic heterocycles. The summed E-state index contributed by atoms with van der Waals surface area (Å²) < 4.78 is 33.9. The third kappa shape index (κ3) is 6.04. The Labute approximate surface area is 160 Å². The lowest BCUT2D eigenvalue weighted by molar-refractivity contribution is -0.140. The van der Waals surface area contributed by atoms with Gasteiger partial charge >= 0.3 is 5.97 Å². The van der Waals surface area contributed by atoms with Crippen LogP contribution in [0.4, 0.5) is 0 Å². The van der Waals surface area contributed by atoms with Crippen molar-refractivity contribution in [3.05, 3.63) is 35.4 Å². The van der Waals surface area contributed by atoms with E-state index in [1.807, 2.05) is 13.8 Å². The average molecular weight is 397 g/mol. The van der Waals surface area contributed by atoms with Crippen LogP contribution in [-0.4, -0.2) is 62.0 Å². The van der Waals surface area contributed by atoms with E-state index in [1.54, 1.807) is 31.3 Å². The number of esters is 1. The summed E-state index contributed by atoms with van der Waals surface area (Å²) >= 11 is 0. The van der Waals surface area contributed by atoms with Crippen LogP contribution in [0.1, 0.15) is 43.1 Å². The van der Waals surface area contributed by atoms with Gasteiger partial charge in [-0.3, -0.25) is 4.79 Å². The Hall–Kier alpha value is -1.93. The Bertz CT molecular complexity index is 772. The summed E-state index contributed by atoms with van der Waals surface area (Å²) in [5.74, 6) is -0.974. The van der Waals surface area contributed by atoms with Crippen LogP contribution in [0, 0.1) is 0 Å². The molecular weight excluding hydrogens is 370 g/mol. The van der Waals surface area contributed by atoms with Gasteiger partial charge in [0.05, 0.1) is 29.8 Å². The fourth-order valence-corrected chi connectivity index (χ4v) is 4.60. The Kier molecular flexibility index (Phi) is 7.00. The van der Waals surface area contributed by atoms with E-state index in [4.69, 9.17) is 9.47 Å². The molecule has 2 atom stereocenters. The first-order valence-electron chi connectivity index (χ1n) is 8.97. The first-order valence-corrected chi connectivity index (χ1v) is 10.8. The monoisotopic (exact) mass is 397 g/mol. The van der Waals surface area contributed by atoms with Crippen molar-refractivity contribution in [2.45, 2.75) is 52.0 Å². The van der Waals surface area contributed by atoms with Crippen molar-refractivity contribution in [2.24, 2.45) is 0 Å². The maximum absolute atomic E-state index is 12.4. The Morgan fingerprint density at radius 2 is 1.81 bits per heavy atom. The molecule has 1 aliphatic rings. The number of nitrogens with zero attached hydrogens (tertiary/aromatic N) is 1. The molecule has 1 heterocycles. The fraction of sp³-hybridized carbons (Fsp3) is 0.579.